The van der Waals surface area contributed by atoms with Crippen molar-refractivity contribution in [2.24, 2.45) is 0 Å². The normalized spacial score (nSPS) is 20.1. The van der Waals surface area contributed by atoms with Crippen LogP contribution in [0.15, 0.2) is 18.2 Å². The van der Waals surface area contributed by atoms with Crippen molar-refractivity contribution in [1.29, 1.82) is 0 Å². The van der Waals surface area contributed by atoms with Gasteiger partial charge in [0, 0.05) is 24.6 Å². The number of nitrogens with zero attached hydrogens (tertiary/aromatic N) is 2. The Bertz CT molecular complexity index is 701. The summed E-state index contributed by atoms with van der Waals surface area (Å²) in [5.74, 6) is 0.218. The van der Waals surface area contributed by atoms with Crippen molar-refractivity contribution < 1.29 is 19.1 Å². The fourth-order valence-corrected chi connectivity index (χ4v) is 3.45. The highest BCUT2D eigenvalue weighted by Gasteiger charge is 2.31. The van der Waals surface area contributed by atoms with E-state index in [9.17, 15) is 14.4 Å². The molecule has 1 fully saturated rings. The summed E-state index contributed by atoms with van der Waals surface area (Å²) in [5.41, 5.74) is 1.04. The molecule has 0 aromatic heterocycles. The number of amides is 2. The van der Waals surface area contributed by atoms with Crippen LogP contribution in [0.4, 0.5) is 5.69 Å². The molecule has 0 N–H and O–H groups in total. The Morgan fingerprint density at radius 1 is 1.28 bits per heavy atom. The number of rotatable bonds is 4. The van der Waals surface area contributed by atoms with Gasteiger partial charge >= 0.3 is 0 Å². The first-order valence-electron chi connectivity index (χ1n) is 8.91. The predicted molar refractivity (Wildman–Crippen MR) is 93.9 cm³/mol. The topological polar surface area (TPSA) is 66.9 Å². The van der Waals surface area contributed by atoms with E-state index < -0.39 is 0 Å². The smallest absolute Gasteiger partial charge is 0.265 e. The number of hydrogen-bond donors (Lipinski definition) is 0. The number of carbonyl (C=O) groups excluding carboxylic acids is 3. The van der Waals surface area contributed by atoms with Crippen LogP contribution in [0.2, 0.25) is 0 Å². The van der Waals surface area contributed by atoms with Crippen LogP contribution in [0.25, 0.3) is 0 Å². The monoisotopic (exact) mass is 344 g/mol. The van der Waals surface area contributed by atoms with Crippen LogP contribution in [-0.2, 0) is 9.59 Å². The number of carbonyl (C=O) groups is 3. The van der Waals surface area contributed by atoms with Crippen LogP contribution in [0.5, 0.6) is 5.75 Å². The molecule has 1 saturated heterocycles. The standard InChI is InChI=1S/C19H24N2O4/c1-3-16(22)14-7-8-17-15(10-14)21(19(24)12-25-17)11-18(23)20-9-5-4-6-13(20)2/h7-8,10,13H,3-6,9,11-12H2,1-2H3. The number of Topliss-reactive ketones (excluding diaryl/α,β-unsaturated/α-hetero) is 1. The quantitative estimate of drug-likeness (QED) is 0.787. The molecule has 0 bridgehead atoms. The summed E-state index contributed by atoms with van der Waals surface area (Å²) in [6.45, 7) is 4.48. The lowest BCUT2D eigenvalue weighted by Gasteiger charge is -2.36. The van der Waals surface area contributed by atoms with Crippen LogP contribution in [0, 0.1) is 0 Å². The zero-order valence-electron chi connectivity index (χ0n) is 14.8. The molecule has 0 radical (unpaired) electrons. The highest BCUT2D eigenvalue weighted by Crippen LogP contribution is 2.33. The molecule has 25 heavy (non-hydrogen) atoms. The van der Waals surface area contributed by atoms with E-state index in [4.69, 9.17) is 4.74 Å². The molecule has 3 rings (SSSR count). The molecule has 0 saturated carbocycles. The van der Waals surface area contributed by atoms with Crippen LogP contribution in [0.1, 0.15) is 49.9 Å². The molecule has 2 amide bonds. The molecule has 6 heteroatoms. The summed E-state index contributed by atoms with van der Waals surface area (Å²) < 4.78 is 5.46. The van der Waals surface area contributed by atoms with Crippen molar-refractivity contribution in [2.45, 2.75) is 45.6 Å². The molecule has 6 nitrogen and oxygen atoms in total. The Morgan fingerprint density at radius 2 is 2.08 bits per heavy atom. The molecule has 0 spiro atoms. The first-order valence-corrected chi connectivity index (χ1v) is 8.91. The largest absolute Gasteiger partial charge is 0.482 e. The number of piperidine rings is 1. The summed E-state index contributed by atoms with van der Waals surface area (Å²) >= 11 is 0. The van der Waals surface area contributed by atoms with E-state index in [1.165, 1.54) is 4.90 Å². The average Bonchev–Trinajstić information content (AvgIpc) is 2.63. The van der Waals surface area contributed by atoms with Gasteiger partial charge in [-0.1, -0.05) is 6.92 Å². The minimum atomic E-state index is -0.258. The third-order valence-corrected chi connectivity index (χ3v) is 4.96. The number of benzene rings is 1. The molecular weight excluding hydrogens is 320 g/mol. The number of fused-ring (bicyclic) bond motifs is 1. The third kappa shape index (κ3) is 3.52. The number of likely N-dealkylation sites (tertiary alicyclic amines) is 1. The van der Waals surface area contributed by atoms with Gasteiger partial charge in [0.1, 0.15) is 12.3 Å². The van der Waals surface area contributed by atoms with E-state index in [1.54, 1.807) is 25.1 Å². The molecule has 1 aromatic rings. The SMILES string of the molecule is CCC(=O)c1ccc2c(c1)N(CC(=O)N1CCCCC1C)C(=O)CO2. The van der Waals surface area contributed by atoms with Crippen molar-refractivity contribution in [3.8, 4) is 5.75 Å². The minimum absolute atomic E-state index is 0.00301. The highest BCUT2D eigenvalue weighted by molar-refractivity contribution is 6.04. The van der Waals surface area contributed by atoms with Crippen LogP contribution >= 0.6 is 0 Å². The van der Waals surface area contributed by atoms with Gasteiger partial charge in [-0.15, -0.1) is 0 Å². The number of ketones is 1. The second-order valence-electron chi connectivity index (χ2n) is 6.66. The van der Waals surface area contributed by atoms with Crippen molar-refractivity contribution in [2.75, 3.05) is 24.6 Å². The van der Waals surface area contributed by atoms with Gasteiger partial charge in [-0.2, -0.15) is 0 Å². The average molecular weight is 344 g/mol. The molecule has 2 aliphatic heterocycles. The lowest BCUT2D eigenvalue weighted by molar-refractivity contribution is -0.134. The molecule has 2 heterocycles. The van der Waals surface area contributed by atoms with Gasteiger partial charge in [-0.05, 0) is 44.4 Å². The van der Waals surface area contributed by atoms with Gasteiger partial charge in [-0.25, -0.2) is 0 Å². The van der Waals surface area contributed by atoms with Crippen molar-refractivity contribution in [3.05, 3.63) is 23.8 Å². The summed E-state index contributed by atoms with van der Waals surface area (Å²) in [6, 6.07) is 5.26. The number of anilines is 1. The number of hydrogen-bond acceptors (Lipinski definition) is 4. The molecule has 1 atom stereocenters. The second-order valence-corrected chi connectivity index (χ2v) is 6.66. The summed E-state index contributed by atoms with van der Waals surface area (Å²) in [6.07, 6.45) is 3.51. The zero-order valence-corrected chi connectivity index (χ0v) is 14.8. The maximum atomic E-state index is 12.7. The fraction of sp³-hybridized carbons (Fsp3) is 0.526. The summed E-state index contributed by atoms with van der Waals surface area (Å²) in [4.78, 5) is 40.4. The lowest BCUT2D eigenvalue weighted by Crippen LogP contribution is -2.50. The first-order chi connectivity index (χ1) is 12.0. The molecule has 134 valence electrons. The molecule has 1 aromatic carbocycles. The second kappa shape index (κ2) is 7.25. The summed E-state index contributed by atoms with van der Waals surface area (Å²) in [7, 11) is 0. The Balaban J connectivity index is 1.85. The molecule has 0 aliphatic carbocycles. The minimum Gasteiger partial charge on any atom is -0.482 e. The fourth-order valence-electron chi connectivity index (χ4n) is 3.45. The van der Waals surface area contributed by atoms with Crippen molar-refractivity contribution >= 4 is 23.3 Å². The number of ether oxygens (including phenoxy) is 1. The van der Waals surface area contributed by atoms with Crippen molar-refractivity contribution in [1.82, 2.24) is 4.90 Å². The first kappa shape index (κ1) is 17.5. The maximum absolute atomic E-state index is 12.7. The zero-order chi connectivity index (χ0) is 18.0. The predicted octanol–water partition coefficient (Wildman–Crippen LogP) is 2.41. The van der Waals surface area contributed by atoms with Gasteiger partial charge in [-0.3, -0.25) is 19.3 Å². The van der Waals surface area contributed by atoms with E-state index in [-0.39, 0.29) is 36.8 Å². The van der Waals surface area contributed by atoms with Crippen molar-refractivity contribution in [3.63, 3.8) is 0 Å². The highest BCUT2D eigenvalue weighted by atomic mass is 16.5. The van der Waals surface area contributed by atoms with Crippen LogP contribution in [-0.4, -0.2) is 48.2 Å². The van der Waals surface area contributed by atoms with E-state index in [1.807, 2.05) is 11.8 Å². The van der Waals surface area contributed by atoms with E-state index in [2.05, 4.69) is 0 Å². The van der Waals surface area contributed by atoms with Gasteiger partial charge in [0.05, 0.1) is 5.69 Å². The van der Waals surface area contributed by atoms with E-state index in [0.717, 1.165) is 25.8 Å². The maximum Gasteiger partial charge on any atom is 0.265 e. The van der Waals surface area contributed by atoms with E-state index >= 15 is 0 Å². The van der Waals surface area contributed by atoms with E-state index in [0.29, 0.717) is 23.4 Å². The Morgan fingerprint density at radius 3 is 2.80 bits per heavy atom. The van der Waals surface area contributed by atoms with Gasteiger partial charge in [0.2, 0.25) is 5.91 Å². The molecular formula is C19H24N2O4. The van der Waals surface area contributed by atoms with Crippen LogP contribution < -0.4 is 9.64 Å². The Kier molecular flexibility index (Phi) is 5.06. The Hall–Kier alpha value is -2.37. The third-order valence-electron chi connectivity index (χ3n) is 4.96. The van der Waals surface area contributed by atoms with Gasteiger partial charge in [0.15, 0.2) is 12.4 Å². The lowest BCUT2D eigenvalue weighted by atomic mass is 10.0. The van der Waals surface area contributed by atoms with Crippen LogP contribution in [0.3, 0.4) is 0 Å². The summed E-state index contributed by atoms with van der Waals surface area (Å²) in [5, 5.41) is 0. The Labute approximate surface area is 147 Å². The van der Waals surface area contributed by atoms with Gasteiger partial charge < -0.3 is 9.64 Å². The molecule has 2 aliphatic rings. The van der Waals surface area contributed by atoms with Gasteiger partial charge in [0.25, 0.3) is 5.91 Å². The molecule has 1 unspecified atom stereocenters.